The van der Waals surface area contributed by atoms with E-state index in [9.17, 15) is 22.4 Å². The van der Waals surface area contributed by atoms with E-state index < -0.39 is 27.7 Å². The van der Waals surface area contributed by atoms with Crippen molar-refractivity contribution in [1.29, 1.82) is 0 Å². The summed E-state index contributed by atoms with van der Waals surface area (Å²) in [4.78, 5) is 23.9. The van der Waals surface area contributed by atoms with Crippen LogP contribution < -0.4 is 15.6 Å². The summed E-state index contributed by atoms with van der Waals surface area (Å²) in [6, 6.07) is 19.2. The average Bonchev–Trinajstić information content (AvgIpc) is 2.77. The van der Waals surface area contributed by atoms with Crippen molar-refractivity contribution in [3.63, 3.8) is 0 Å². The van der Waals surface area contributed by atoms with Crippen molar-refractivity contribution in [3.8, 4) is 0 Å². The lowest BCUT2D eigenvalue weighted by Crippen LogP contribution is -2.41. The zero-order chi connectivity index (χ0) is 21.6. The van der Waals surface area contributed by atoms with Gasteiger partial charge in [-0.2, -0.15) is 0 Å². The maximum Gasteiger partial charge on any atom is 0.269 e. The second-order valence-electron chi connectivity index (χ2n) is 6.25. The minimum atomic E-state index is -3.87. The molecular weight excluding hydrogens is 409 g/mol. The number of carbonyl (C=O) groups excluding carboxylic acids is 2. The molecule has 0 unspecified atom stereocenters. The average molecular weight is 427 g/mol. The van der Waals surface area contributed by atoms with Gasteiger partial charge in [0.1, 0.15) is 5.82 Å². The van der Waals surface area contributed by atoms with Crippen LogP contribution in [0.2, 0.25) is 0 Å². The Bertz CT molecular complexity index is 1150. The fourth-order valence-electron chi connectivity index (χ4n) is 2.52. The van der Waals surface area contributed by atoms with Crippen LogP contribution in [0.4, 0.5) is 4.39 Å². The van der Waals surface area contributed by atoms with E-state index in [2.05, 4.69) is 15.6 Å². The normalized spacial score (nSPS) is 11.0. The summed E-state index contributed by atoms with van der Waals surface area (Å²) in [5.74, 6) is -1.62. The van der Waals surface area contributed by atoms with Crippen molar-refractivity contribution >= 4 is 21.8 Å². The van der Waals surface area contributed by atoms with E-state index in [1.807, 2.05) is 0 Å². The molecule has 0 aliphatic heterocycles. The van der Waals surface area contributed by atoms with Gasteiger partial charge >= 0.3 is 0 Å². The highest BCUT2D eigenvalue weighted by atomic mass is 32.2. The number of benzene rings is 3. The summed E-state index contributed by atoms with van der Waals surface area (Å²) in [5, 5.41) is 0. The SMILES string of the molecule is O=C(NNC(=O)c1ccc(CNS(=O)(=O)c2cccc(F)c2)cc1)c1ccccc1. The molecule has 0 spiro atoms. The maximum absolute atomic E-state index is 13.2. The number of halogens is 1. The molecule has 0 saturated carbocycles. The Morgan fingerprint density at radius 3 is 1.97 bits per heavy atom. The first kappa shape index (κ1) is 21.2. The predicted octanol–water partition coefficient (Wildman–Crippen LogP) is 2.38. The Hall–Kier alpha value is -3.56. The number of hydrogen-bond acceptors (Lipinski definition) is 4. The highest BCUT2D eigenvalue weighted by molar-refractivity contribution is 7.89. The lowest BCUT2D eigenvalue weighted by atomic mass is 10.1. The molecule has 0 fully saturated rings. The number of carbonyl (C=O) groups is 2. The first-order valence-electron chi connectivity index (χ1n) is 8.85. The Kier molecular flexibility index (Phi) is 6.55. The summed E-state index contributed by atoms with van der Waals surface area (Å²) >= 11 is 0. The van der Waals surface area contributed by atoms with Gasteiger partial charge < -0.3 is 0 Å². The van der Waals surface area contributed by atoms with Crippen molar-refractivity contribution in [2.75, 3.05) is 0 Å². The van der Waals surface area contributed by atoms with Gasteiger partial charge in [-0.1, -0.05) is 36.4 Å². The second-order valence-corrected chi connectivity index (χ2v) is 8.02. The van der Waals surface area contributed by atoms with Gasteiger partial charge in [0.15, 0.2) is 0 Å². The van der Waals surface area contributed by atoms with Crippen LogP contribution in [-0.2, 0) is 16.6 Å². The first-order valence-corrected chi connectivity index (χ1v) is 10.3. The van der Waals surface area contributed by atoms with Gasteiger partial charge in [0.2, 0.25) is 10.0 Å². The van der Waals surface area contributed by atoms with E-state index in [0.29, 0.717) is 11.1 Å². The molecule has 3 aromatic rings. The fourth-order valence-corrected chi connectivity index (χ4v) is 3.57. The number of amides is 2. The first-order chi connectivity index (χ1) is 14.3. The monoisotopic (exact) mass is 427 g/mol. The smallest absolute Gasteiger partial charge is 0.267 e. The van der Waals surface area contributed by atoms with Crippen molar-refractivity contribution in [3.05, 3.63) is 101 Å². The van der Waals surface area contributed by atoms with E-state index in [1.54, 1.807) is 42.5 Å². The predicted molar refractivity (Wildman–Crippen MR) is 108 cm³/mol. The summed E-state index contributed by atoms with van der Waals surface area (Å²) < 4.78 is 40.0. The quantitative estimate of drug-likeness (QED) is 0.526. The molecule has 0 aliphatic carbocycles. The highest BCUT2D eigenvalue weighted by Gasteiger charge is 2.14. The van der Waals surface area contributed by atoms with Gasteiger partial charge in [-0.15, -0.1) is 0 Å². The maximum atomic E-state index is 13.2. The molecule has 9 heteroatoms. The molecule has 3 N–H and O–H groups in total. The molecule has 7 nitrogen and oxygen atoms in total. The van der Waals surface area contributed by atoms with Gasteiger partial charge in [0, 0.05) is 17.7 Å². The zero-order valence-corrected chi connectivity index (χ0v) is 16.4. The van der Waals surface area contributed by atoms with Gasteiger partial charge in [0.05, 0.1) is 4.90 Å². The van der Waals surface area contributed by atoms with Crippen molar-refractivity contribution in [1.82, 2.24) is 15.6 Å². The van der Waals surface area contributed by atoms with Crippen LogP contribution in [0.15, 0.2) is 83.8 Å². The zero-order valence-electron chi connectivity index (χ0n) is 15.6. The van der Waals surface area contributed by atoms with Crippen LogP contribution in [0.1, 0.15) is 26.3 Å². The topological polar surface area (TPSA) is 104 Å². The molecule has 0 bridgehead atoms. The fraction of sp³-hybridized carbons (Fsp3) is 0.0476. The minimum Gasteiger partial charge on any atom is -0.267 e. The number of hydrazine groups is 1. The second kappa shape index (κ2) is 9.29. The summed E-state index contributed by atoms with van der Waals surface area (Å²) in [6.45, 7) is -0.0362. The molecule has 0 aromatic heterocycles. The standard InChI is InChI=1S/C21H18FN3O4S/c22-18-7-4-8-19(13-18)30(28,29)23-14-15-9-11-17(12-10-15)21(27)25-24-20(26)16-5-2-1-3-6-16/h1-13,23H,14H2,(H,24,26)(H,25,27). The molecule has 0 saturated heterocycles. The summed E-state index contributed by atoms with van der Waals surface area (Å²) in [7, 11) is -3.87. The number of sulfonamides is 1. The van der Waals surface area contributed by atoms with Gasteiger partial charge in [-0.25, -0.2) is 17.5 Å². The molecule has 3 rings (SSSR count). The molecule has 0 radical (unpaired) electrons. The van der Waals surface area contributed by atoms with Crippen LogP contribution in [0.5, 0.6) is 0 Å². The molecule has 3 aromatic carbocycles. The van der Waals surface area contributed by atoms with Crippen LogP contribution >= 0.6 is 0 Å². The van der Waals surface area contributed by atoms with Crippen LogP contribution in [0.25, 0.3) is 0 Å². The lowest BCUT2D eigenvalue weighted by molar-refractivity contribution is 0.0846. The van der Waals surface area contributed by atoms with E-state index in [-0.39, 0.29) is 17.0 Å². The van der Waals surface area contributed by atoms with E-state index in [0.717, 1.165) is 12.1 Å². The Balaban J connectivity index is 1.55. The van der Waals surface area contributed by atoms with Crippen molar-refractivity contribution in [2.24, 2.45) is 0 Å². The molecular formula is C21H18FN3O4S. The Labute approximate surface area is 173 Å². The van der Waals surface area contributed by atoms with E-state index in [1.165, 1.54) is 24.3 Å². The third kappa shape index (κ3) is 5.49. The third-order valence-corrected chi connectivity index (χ3v) is 5.51. The summed E-state index contributed by atoms with van der Waals surface area (Å²) in [5.41, 5.74) is 5.91. The molecule has 0 heterocycles. The van der Waals surface area contributed by atoms with Gasteiger partial charge in [-0.3, -0.25) is 20.4 Å². The van der Waals surface area contributed by atoms with Crippen LogP contribution in [0, 0.1) is 5.82 Å². The number of nitrogens with one attached hydrogen (secondary N) is 3. The molecule has 2 amide bonds. The van der Waals surface area contributed by atoms with Crippen molar-refractivity contribution in [2.45, 2.75) is 11.4 Å². The summed E-state index contributed by atoms with van der Waals surface area (Å²) in [6.07, 6.45) is 0. The number of rotatable bonds is 6. The lowest BCUT2D eigenvalue weighted by Gasteiger charge is -2.09. The Morgan fingerprint density at radius 1 is 0.767 bits per heavy atom. The highest BCUT2D eigenvalue weighted by Crippen LogP contribution is 2.12. The molecule has 154 valence electrons. The molecule has 30 heavy (non-hydrogen) atoms. The molecule has 0 atom stereocenters. The minimum absolute atomic E-state index is 0.0362. The van der Waals surface area contributed by atoms with E-state index in [4.69, 9.17) is 0 Å². The van der Waals surface area contributed by atoms with E-state index >= 15 is 0 Å². The number of hydrogen-bond donors (Lipinski definition) is 3. The third-order valence-electron chi connectivity index (χ3n) is 4.11. The van der Waals surface area contributed by atoms with Crippen molar-refractivity contribution < 1.29 is 22.4 Å². The molecule has 0 aliphatic rings. The Morgan fingerprint density at radius 2 is 1.37 bits per heavy atom. The van der Waals surface area contributed by atoms with Crippen LogP contribution in [0.3, 0.4) is 0 Å². The van der Waals surface area contributed by atoms with Crippen LogP contribution in [-0.4, -0.2) is 20.2 Å². The van der Waals surface area contributed by atoms with Gasteiger partial charge in [0.25, 0.3) is 11.8 Å². The largest absolute Gasteiger partial charge is 0.269 e. The van der Waals surface area contributed by atoms with Gasteiger partial charge in [-0.05, 0) is 48.0 Å².